The van der Waals surface area contributed by atoms with Crippen molar-refractivity contribution in [3.05, 3.63) is 0 Å². The maximum Gasteiger partial charge on any atom is 0.471 e. The highest BCUT2D eigenvalue weighted by Gasteiger charge is 2.38. The summed E-state index contributed by atoms with van der Waals surface area (Å²) in [5, 5.41) is 7.86. The Kier molecular flexibility index (Phi) is 11.7. The number of hydrogen-bond donors (Lipinski definition) is 4. The standard InChI is InChI=1S/C15H22F6N4O4/c16-14(17,18)12(28)24-8-6-22-10(26)4-2-1-3-5-11(27)23-7-9-25-13(29)15(19,20)21/h1-9H2,(H,22,26)(H,23,27)(H,24,28)(H,25,29). The van der Waals surface area contributed by atoms with E-state index in [2.05, 4.69) is 10.6 Å². The first-order chi connectivity index (χ1) is 13.3. The lowest BCUT2D eigenvalue weighted by molar-refractivity contribution is -0.173. The molecule has 4 amide bonds. The molecule has 0 aliphatic heterocycles. The van der Waals surface area contributed by atoms with Crippen molar-refractivity contribution in [2.45, 2.75) is 44.5 Å². The van der Waals surface area contributed by atoms with E-state index in [1.807, 2.05) is 0 Å². The fourth-order valence-corrected chi connectivity index (χ4v) is 1.88. The van der Waals surface area contributed by atoms with Crippen LogP contribution in [0.15, 0.2) is 0 Å². The minimum atomic E-state index is -4.98. The zero-order valence-electron chi connectivity index (χ0n) is 15.3. The van der Waals surface area contributed by atoms with E-state index in [-0.39, 0.29) is 39.0 Å². The van der Waals surface area contributed by atoms with Crippen molar-refractivity contribution in [3.8, 4) is 0 Å². The fourth-order valence-electron chi connectivity index (χ4n) is 1.88. The first kappa shape index (κ1) is 26.5. The van der Waals surface area contributed by atoms with Gasteiger partial charge in [-0.25, -0.2) is 0 Å². The highest BCUT2D eigenvalue weighted by Crippen LogP contribution is 2.14. The maximum absolute atomic E-state index is 11.9. The minimum Gasteiger partial charge on any atom is -0.354 e. The monoisotopic (exact) mass is 436 g/mol. The number of rotatable bonds is 12. The summed E-state index contributed by atoms with van der Waals surface area (Å²) in [4.78, 5) is 43.9. The molecule has 4 N–H and O–H groups in total. The quantitative estimate of drug-likeness (QED) is 0.264. The van der Waals surface area contributed by atoms with Crippen LogP contribution in [-0.2, 0) is 19.2 Å². The van der Waals surface area contributed by atoms with Gasteiger partial charge in [0.1, 0.15) is 0 Å². The molecule has 0 aliphatic carbocycles. The van der Waals surface area contributed by atoms with Gasteiger partial charge in [0.25, 0.3) is 0 Å². The lowest BCUT2D eigenvalue weighted by atomic mass is 10.1. The second kappa shape index (κ2) is 12.8. The van der Waals surface area contributed by atoms with Crippen LogP contribution in [0.5, 0.6) is 0 Å². The molecule has 0 saturated heterocycles. The van der Waals surface area contributed by atoms with Crippen LogP contribution < -0.4 is 21.3 Å². The molecule has 14 heteroatoms. The molecule has 0 bridgehead atoms. The number of carbonyl (C=O) groups excluding carboxylic acids is 4. The van der Waals surface area contributed by atoms with Crippen LogP contribution in [0.3, 0.4) is 0 Å². The van der Waals surface area contributed by atoms with Crippen LogP contribution in [0, 0.1) is 0 Å². The summed E-state index contributed by atoms with van der Waals surface area (Å²) in [5.41, 5.74) is 0. The highest BCUT2D eigenvalue weighted by molar-refractivity contribution is 5.82. The molecule has 8 nitrogen and oxygen atoms in total. The topological polar surface area (TPSA) is 116 Å². The molecule has 0 aromatic carbocycles. The van der Waals surface area contributed by atoms with Gasteiger partial charge in [0, 0.05) is 39.0 Å². The second-order valence-corrected chi connectivity index (χ2v) is 5.77. The second-order valence-electron chi connectivity index (χ2n) is 5.77. The Morgan fingerprint density at radius 2 is 0.828 bits per heavy atom. The largest absolute Gasteiger partial charge is 0.471 e. The fraction of sp³-hybridized carbons (Fsp3) is 0.733. The lowest BCUT2D eigenvalue weighted by Crippen LogP contribution is -2.41. The summed E-state index contributed by atoms with van der Waals surface area (Å²) in [7, 11) is 0. The molecule has 0 aromatic heterocycles. The van der Waals surface area contributed by atoms with Crippen LogP contribution >= 0.6 is 0 Å². The predicted molar refractivity (Wildman–Crippen MR) is 87.2 cm³/mol. The molecule has 0 aromatic rings. The van der Waals surface area contributed by atoms with Crippen LogP contribution in [0.2, 0.25) is 0 Å². The third-order valence-electron chi connectivity index (χ3n) is 3.29. The number of alkyl halides is 6. The van der Waals surface area contributed by atoms with E-state index in [1.54, 1.807) is 10.6 Å². The van der Waals surface area contributed by atoms with E-state index < -0.39 is 36.0 Å². The number of hydrogen-bond acceptors (Lipinski definition) is 4. The Labute approximate surface area is 162 Å². The normalized spacial score (nSPS) is 11.5. The van der Waals surface area contributed by atoms with Gasteiger partial charge in [-0.3, -0.25) is 19.2 Å². The van der Waals surface area contributed by atoms with E-state index >= 15 is 0 Å². The van der Waals surface area contributed by atoms with Gasteiger partial charge in [-0.15, -0.1) is 0 Å². The summed E-state index contributed by atoms with van der Waals surface area (Å²) in [5.74, 6) is -5.02. The SMILES string of the molecule is O=C(CCCCCC(=O)NCCNC(=O)C(F)(F)F)NCCNC(=O)C(F)(F)F. The van der Waals surface area contributed by atoms with Gasteiger partial charge in [0.2, 0.25) is 11.8 Å². The number of nitrogens with one attached hydrogen (secondary N) is 4. The van der Waals surface area contributed by atoms with Crippen molar-refractivity contribution < 1.29 is 45.5 Å². The van der Waals surface area contributed by atoms with Crippen molar-refractivity contribution in [2.24, 2.45) is 0 Å². The molecule has 0 aliphatic rings. The molecular formula is C15H22F6N4O4. The predicted octanol–water partition coefficient (Wildman–Crippen LogP) is 0.526. The average molecular weight is 436 g/mol. The van der Waals surface area contributed by atoms with Gasteiger partial charge >= 0.3 is 24.2 Å². The lowest BCUT2D eigenvalue weighted by Gasteiger charge is -2.09. The Balaban J connectivity index is 3.61. The van der Waals surface area contributed by atoms with E-state index in [1.165, 1.54) is 0 Å². The van der Waals surface area contributed by atoms with E-state index in [4.69, 9.17) is 0 Å². The van der Waals surface area contributed by atoms with Crippen LogP contribution in [-0.4, -0.2) is 62.2 Å². The molecule has 0 heterocycles. The summed E-state index contributed by atoms with van der Waals surface area (Å²) in [6.45, 7) is -1.05. The third-order valence-corrected chi connectivity index (χ3v) is 3.29. The summed E-state index contributed by atoms with van der Waals surface area (Å²) in [6, 6.07) is 0. The van der Waals surface area contributed by atoms with Crippen LogP contribution in [0.25, 0.3) is 0 Å². The summed E-state index contributed by atoms with van der Waals surface area (Å²) in [6.07, 6.45) is -8.47. The summed E-state index contributed by atoms with van der Waals surface area (Å²) >= 11 is 0. The molecule has 0 fully saturated rings. The van der Waals surface area contributed by atoms with Gasteiger partial charge in [0.05, 0.1) is 0 Å². The van der Waals surface area contributed by atoms with E-state index in [0.717, 1.165) is 0 Å². The van der Waals surface area contributed by atoms with Gasteiger partial charge in [-0.2, -0.15) is 26.3 Å². The number of carbonyl (C=O) groups is 4. The number of unbranched alkanes of at least 4 members (excludes halogenated alkanes) is 2. The van der Waals surface area contributed by atoms with Gasteiger partial charge in [0.15, 0.2) is 0 Å². The highest BCUT2D eigenvalue weighted by atomic mass is 19.4. The van der Waals surface area contributed by atoms with Crippen molar-refractivity contribution in [1.29, 1.82) is 0 Å². The van der Waals surface area contributed by atoms with Crippen molar-refractivity contribution in [1.82, 2.24) is 21.3 Å². The molecule has 168 valence electrons. The Morgan fingerprint density at radius 3 is 1.14 bits per heavy atom. The zero-order valence-corrected chi connectivity index (χ0v) is 15.3. The third kappa shape index (κ3) is 14.2. The molecule has 29 heavy (non-hydrogen) atoms. The Bertz CT molecular complexity index is 518. The maximum atomic E-state index is 11.9. The molecule has 0 spiro atoms. The van der Waals surface area contributed by atoms with Crippen molar-refractivity contribution in [3.63, 3.8) is 0 Å². The molecule has 0 rings (SSSR count). The smallest absolute Gasteiger partial charge is 0.354 e. The minimum absolute atomic E-state index is 0.0817. The first-order valence-corrected chi connectivity index (χ1v) is 8.57. The van der Waals surface area contributed by atoms with E-state index in [0.29, 0.717) is 19.3 Å². The number of amides is 4. The Hall–Kier alpha value is -2.54. The van der Waals surface area contributed by atoms with Crippen molar-refractivity contribution >= 4 is 23.6 Å². The Morgan fingerprint density at radius 1 is 0.517 bits per heavy atom. The molecule has 0 saturated carbocycles. The van der Waals surface area contributed by atoms with Crippen molar-refractivity contribution in [2.75, 3.05) is 26.2 Å². The van der Waals surface area contributed by atoms with Gasteiger partial charge in [-0.05, 0) is 12.8 Å². The van der Waals surface area contributed by atoms with Gasteiger partial charge < -0.3 is 21.3 Å². The molecule has 0 radical (unpaired) electrons. The summed E-state index contributed by atoms with van der Waals surface area (Å²) < 4.78 is 71.4. The van der Waals surface area contributed by atoms with E-state index in [9.17, 15) is 45.5 Å². The molecule has 0 unspecified atom stereocenters. The molecule has 0 atom stereocenters. The first-order valence-electron chi connectivity index (χ1n) is 8.57. The zero-order chi connectivity index (χ0) is 22.5. The van der Waals surface area contributed by atoms with Crippen LogP contribution in [0.1, 0.15) is 32.1 Å². The van der Waals surface area contributed by atoms with Crippen LogP contribution in [0.4, 0.5) is 26.3 Å². The molecular weight excluding hydrogens is 414 g/mol. The average Bonchev–Trinajstić information content (AvgIpc) is 2.60. The van der Waals surface area contributed by atoms with Gasteiger partial charge in [-0.1, -0.05) is 6.42 Å². The number of halogens is 6.